The van der Waals surface area contributed by atoms with Gasteiger partial charge in [0.1, 0.15) is 0 Å². The summed E-state index contributed by atoms with van der Waals surface area (Å²) in [4.78, 5) is 9.42. The van der Waals surface area contributed by atoms with E-state index in [2.05, 4.69) is 22.0 Å². The Morgan fingerprint density at radius 2 is 1.91 bits per heavy atom. The lowest BCUT2D eigenvalue weighted by Gasteiger charge is -2.38. The van der Waals surface area contributed by atoms with E-state index in [0.717, 1.165) is 38.7 Å². The Morgan fingerprint density at radius 3 is 2.48 bits per heavy atom. The molecule has 0 bridgehead atoms. The molecule has 2 heterocycles. The number of aliphatic imine (C=N–C) groups is 1. The first-order valence-corrected chi connectivity index (χ1v) is 10.8. The molecule has 3 aliphatic rings. The molecule has 0 aromatic heterocycles. The van der Waals surface area contributed by atoms with Gasteiger partial charge in [-0.05, 0) is 31.6 Å². The molecule has 0 atom stereocenters. The Hall–Kier alpha value is -0.820. The van der Waals surface area contributed by atoms with Crippen LogP contribution in [0.4, 0.5) is 0 Å². The first kappa shape index (κ1) is 17.0. The summed E-state index contributed by atoms with van der Waals surface area (Å²) in [5.41, 5.74) is 0.581. The maximum Gasteiger partial charge on any atom is 0.193 e. The quantitative estimate of drug-likeness (QED) is 0.597. The fourth-order valence-corrected chi connectivity index (χ4v) is 5.17. The first-order valence-electron chi connectivity index (χ1n) is 8.98. The number of rotatable bonds is 4. The van der Waals surface area contributed by atoms with Gasteiger partial charge in [-0.2, -0.15) is 0 Å². The van der Waals surface area contributed by atoms with Crippen LogP contribution in [0.3, 0.4) is 0 Å². The van der Waals surface area contributed by atoms with Crippen molar-refractivity contribution in [3.05, 3.63) is 0 Å². The van der Waals surface area contributed by atoms with Gasteiger partial charge in [-0.15, -0.1) is 0 Å². The summed E-state index contributed by atoms with van der Waals surface area (Å²) in [5.74, 6) is 1.64. The van der Waals surface area contributed by atoms with Crippen LogP contribution in [0, 0.1) is 5.41 Å². The molecule has 0 aromatic carbocycles. The summed E-state index contributed by atoms with van der Waals surface area (Å²) in [5, 5.41) is 3.42. The molecule has 3 rings (SSSR count). The fourth-order valence-electron chi connectivity index (χ4n) is 3.90. The van der Waals surface area contributed by atoms with E-state index < -0.39 is 9.84 Å². The molecule has 1 aliphatic carbocycles. The number of sulfone groups is 1. The van der Waals surface area contributed by atoms with Crippen LogP contribution in [-0.4, -0.2) is 81.5 Å². The van der Waals surface area contributed by atoms with E-state index in [9.17, 15) is 8.42 Å². The molecule has 0 radical (unpaired) electrons. The van der Waals surface area contributed by atoms with Crippen LogP contribution in [0.1, 0.15) is 32.6 Å². The Balaban J connectivity index is 1.49. The summed E-state index contributed by atoms with van der Waals surface area (Å²) < 4.78 is 22.9. The summed E-state index contributed by atoms with van der Waals surface area (Å²) in [6.07, 6.45) is 5.46. The first-order chi connectivity index (χ1) is 11.0. The highest BCUT2D eigenvalue weighted by atomic mass is 32.2. The zero-order valence-corrected chi connectivity index (χ0v) is 15.1. The lowest BCUT2D eigenvalue weighted by Crippen LogP contribution is -2.44. The third-order valence-corrected chi connectivity index (χ3v) is 7.21. The van der Waals surface area contributed by atoms with Crippen molar-refractivity contribution in [3.8, 4) is 0 Å². The van der Waals surface area contributed by atoms with Crippen LogP contribution >= 0.6 is 0 Å². The molecule has 6 nitrogen and oxygen atoms in total. The number of guanidine groups is 1. The molecule has 7 heteroatoms. The Kier molecular flexibility index (Phi) is 5.16. The van der Waals surface area contributed by atoms with E-state index in [1.165, 1.54) is 25.7 Å². The van der Waals surface area contributed by atoms with Crippen molar-refractivity contribution >= 4 is 15.8 Å². The second-order valence-electron chi connectivity index (χ2n) is 7.25. The lowest BCUT2D eigenvalue weighted by molar-refractivity contribution is 0.151. The topological polar surface area (TPSA) is 65.0 Å². The van der Waals surface area contributed by atoms with Gasteiger partial charge < -0.3 is 10.2 Å². The Bertz CT molecular complexity index is 528. The van der Waals surface area contributed by atoms with Crippen molar-refractivity contribution in [2.45, 2.75) is 32.6 Å². The maximum absolute atomic E-state index is 11.5. The van der Waals surface area contributed by atoms with Gasteiger partial charge in [-0.1, -0.05) is 6.42 Å². The number of hydrogen-bond donors (Lipinski definition) is 1. The molecular weight excluding hydrogens is 312 g/mol. The van der Waals surface area contributed by atoms with E-state index in [1.807, 2.05) is 0 Å². The van der Waals surface area contributed by atoms with Gasteiger partial charge in [0, 0.05) is 39.3 Å². The van der Waals surface area contributed by atoms with Gasteiger partial charge in [0.25, 0.3) is 0 Å². The standard InChI is InChI=1S/C16H30N4O2S/c1-2-17-15(20-8-6-16(14-20)4-3-5-16)18-7-9-19-10-12-23(21,22)13-11-19/h2-14H2,1H3,(H,17,18). The van der Waals surface area contributed by atoms with Gasteiger partial charge in [0.05, 0.1) is 18.1 Å². The predicted molar refractivity (Wildman–Crippen MR) is 93.5 cm³/mol. The minimum atomic E-state index is -2.79. The molecule has 0 amide bonds. The van der Waals surface area contributed by atoms with Crippen molar-refractivity contribution in [1.29, 1.82) is 0 Å². The second-order valence-corrected chi connectivity index (χ2v) is 9.56. The van der Waals surface area contributed by atoms with E-state index >= 15 is 0 Å². The minimum absolute atomic E-state index is 0.297. The molecule has 2 aliphatic heterocycles. The number of likely N-dealkylation sites (tertiary alicyclic amines) is 1. The van der Waals surface area contributed by atoms with Crippen molar-refractivity contribution in [2.24, 2.45) is 10.4 Å². The van der Waals surface area contributed by atoms with Crippen LogP contribution in [0.15, 0.2) is 4.99 Å². The third kappa shape index (κ3) is 4.18. The van der Waals surface area contributed by atoms with Gasteiger partial charge in [-0.25, -0.2) is 8.42 Å². The molecule has 3 fully saturated rings. The van der Waals surface area contributed by atoms with E-state index in [1.54, 1.807) is 0 Å². The smallest absolute Gasteiger partial charge is 0.193 e. The van der Waals surface area contributed by atoms with Crippen molar-refractivity contribution in [1.82, 2.24) is 15.1 Å². The maximum atomic E-state index is 11.5. The normalized spacial score (nSPS) is 27.2. The van der Waals surface area contributed by atoms with Crippen molar-refractivity contribution in [3.63, 3.8) is 0 Å². The number of hydrogen-bond acceptors (Lipinski definition) is 4. The Morgan fingerprint density at radius 1 is 1.17 bits per heavy atom. The summed E-state index contributed by atoms with van der Waals surface area (Å²) in [7, 11) is -2.79. The monoisotopic (exact) mass is 342 g/mol. The molecule has 0 unspecified atom stereocenters. The van der Waals surface area contributed by atoms with Gasteiger partial charge >= 0.3 is 0 Å². The third-order valence-electron chi connectivity index (χ3n) is 5.60. The largest absolute Gasteiger partial charge is 0.357 e. The Labute approximate surface area is 140 Å². The van der Waals surface area contributed by atoms with Gasteiger partial charge in [0.2, 0.25) is 0 Å². The summed E-state index contributed by atoms with van der Waals surface area (Å²) in [6.45, 7) is 8.18. The molecular formula is C16H30N4O2S. The molecule has 132 valence electrons. The minimum Gasteiger partial charge on any atom is -0.357 e. The van der Waals surface area contributed by atoms with Crippen molar-refractivity contribution in [2.75, 3.05) is 57.3 Å². The van der Waals surface area contributed by atoms with E-state index in [-0.39, 0.29) is 0 Å². The van der Waals surface area contributed by atoms with E-state index in [0.29, 0.717) is 30.0 Å². The van der Waals surface area contributed by atoms with Gasteiger partial charge in [-0.3, -0.25) is 9.89 Å². The van der Waals surface area contributed by atoms with Gasteiger partial charge in [0.15, 0.2) is 15.8 Å². The highest BCUT2D eigenvalue weighted by Gasteiger charge is 2.43. The molecule has 0 aromatic rings. The SMILES string of the molecule is CCNC(=NCCN1CCS(=O)(=O)CC1)N1CCC2(CCC2)C1. The average molecular weight is 343 g/mol. The molecule has 2 saturated heterocycles. The van der Waals surface area contributed by atoms with E-state index in [4.69, 9.17) is 4.99 Å². The highest BCUT2D eigenvalue weighted by molar-refractivity contribution is 7.91. The van der Waals surface area contributed by atoms with Crippen LogP contribution < -0.4 is 5.32 Å². The zero-order valence-electron chi connectivity index (χ0n) is 14.3. The number of nitrogens with zero attached hydrogens (tertiary/aromatic N) is 3. The molecule has 1 N–H and O–H groups in total. The highest BCUT2D eigenvalue weighted by Crippen LogP contribution is 2.47. The zero-order chi connectivity index (χ0) is 16.3. The number of nitrogens with one attached hydrogen (secondary N) is 1. The molecule has 1 spiro atoms. The van der Waals surface area contributed by atoms with Crippen LogP contribution in [0.25, 0.3) is 0 Å². The van der Waals surface area contributed by atoms with Crippen LogP contribution in [-0.2, 0) is 9.84 Å². The predicted octanol–water partition coefficient (Wildman–Crippen LogP) is 0.558. The summed E-state index contributed by atoms with van der Waals surface area (Å²) >= 11 is 0. The second kappa shape index (κ2) is 6.97. The van der Waals surface area contributed by atoms with Crippen LogP contribution in [0.2, 0.25) is 0 Å². The average Bonchev–Trinajstić information content (AvgIpc) is 2.94. The molecule has 23 heavy (non-hydrogen) atoms. The lowest BCUT2D eigenvalue weighted by atomic mass is 9.68. The fraction of sp³-hybridized carbons (Fsp3) is 0.938. The molecule has 1 saturated carbocycles. The summed E-state index contributed by atoms with van der Waals surface area (Å²) in [6, 6.07) is 0. The van der Waals surface area contributed by atoms with Crippen LogP contribution in [0.5, 0.6) is 0 Å². The van der Waals surface area contributed by atoms with Crippen molar-refractivity contribution < 1.29 is 8.42 Å².